The van der Waals surface area contributed by atoms with E-state index >= 15 is 0 Å². The zero-order chi connectivity index (χ0) is 18.2. The van der Waals surface area contributed by atoms with E-state index in [4.69, 9.17) is 4.74 Å². The van der Waals surface area contributed by atoms with Crippen LogP contribution in [0.4, 0.5) is 18.0 Å². The fraction of sp³-hybridized carbons (Fsp3) is 0.588. The van der Waals surface area contributed by atoms with Crippen LogP contribution in [-0.2, 0) is 4.74 Å². The van der Waals surface area contributed by atoms with Gasteiger partial charge >= 0.3 is 6.09 Å². The second kappa shape index (κ2) is 6.63. The molecule has 0 bridgehead atoms. The first-order valence-corrected chi connectivity index (χ1v) is 7.85. The van der Waals surface area contributed by atoms with Gasteiger partial charge in [-0.1, -0.05) is 0 Å². The maximum Gasteiger partial charge on any atom is 0.411 e. The van der Waals surface area contributed by atoms with Crippen molar-refractivity contribution in [3.63, 3.8) is 0 Å². The van der Waals surface area contributed by atoms with Gasteiger partial charge < -0.3 is 9.84 Å². The molecule has 1 N–H and O–H groups in total. The SMILES string of the molecule is C[C@@H](O)C1CCC(c2cc(F)c(F)c(F)c2)N1C(=O)OC(C)(C)C. The molecular weight excluding hydrogens is 323 g/mol. The van der Waals surface area contributed by atoms with Crippen molar-refractivity contribution in [2.75, 3.05) is 0 Å². The predicted molar refractivity (Wildman–Crippen MR) is 81.8 cm³/mol. The van der Waals surface area contributed by atoms with Crippen molar-refractivity contribution >= 4 is 6.09 Å². The Bertz CT molecular complexity index is 605. The highest BCUT2D eigenvalue weighted by molar-refractivity contribution is 5.70. The number of carbonyl (C=O) groups is 1. The van der Waals surface area contributed by atoms with Gasteiger partial charge in [-0.3, -0.25) is 4.90 Å². The lowest BCUT2D eigenvalue weighted by molar-refractivity contribution is -0.00171. The Morgan fingerprint density at radius 1 is 1.25 bits per heavy atom. The van der Waals surface area contributed by atoms with E-state index in [1.165, 1.54) is 11.8 Å². The Morgan fingerprint density at radius 2 is 1.79 bits per heavy atom. The second-order valence-electron chi connectivity index (χ2n) is 7.09. The lowest BCUT2D eigenvalue weighted by Gasteiger charge is -2.34. The van der Waals surface area contributed by atoms with Crippen LogP contribution in [0.15, 0.2) is 12.1 Å². The van der Waals surface area contributed by atoms with Gasteiger partial charge in [0.1, 0.15) is 5.60 Å². The average Bonchev–Trinajstić information content (AvgIpc) is 2.87. The quantitative estimate of drug-likeness (QED) is 0.827. The Hall–Kier alpha value is -1.76. The molecular formula is C17H22F3NO3. The third-order valence-electron chi connectivity index (χ3n) is 3.98. The molecule has 0 aromatic heterocycles. The van der Waals surface area contributed by atoms with Crippen LogP contribution in [0.2, 0.25) is 0 Å². The lowest BCUT2D eigenvalue weighted by Crippen LogP contribution is -2.45. The summed E-state index contributed by atoms with van der Waals surface area (Å²) in [6.07, 6.45) is -0.680. The Balaban J connectivity index is 2.39. The fourth-order valence-corrected chi connectivity index (χ4v) is 2.98. The van der Waals surface area contributed by atoms with Crippen molar-refractivity contribution in [1.29, 1.82) is 0 Å². The smallest absolute Gasteiger partial charge is 0.411 e. The van der Waals surface area contributed by atoms with Gasteiger partial charge in [-0.2, -0.15) is 0 Å². The molecule has 1 aromatic carbocycles. The lowest BCUT2D eigenvalue weighted by atomic mass is 10.0. The highest BCUT2D eigenvalue weighted by Gasteiger charge is 2.42. The Labute approximate surface area is 139 Å². The summed E-state index contributed by atoms with van der Waals surface area (Å²) in [6.45, 7) is 6.63. The van der Waals surface area contributed by atoms with E-state index in [9.17, 15) is 23.1 Å². The molecule has 1 aliphatic rings. The largest absolute Gasteiger partial charge is 0.444 e. The minimum atomic E-state index is -1.55. The number of likely N-dealkylation sites (tertiary alicyclic amines) is 1. The van der Waals surface area contributed by atoms with E-state index in [1.807, 2.05) is 0 Å². The molecule has 0 saturated carbocycles. The summed E-state index contributed by atoms with van der Waals surface area (Å²) in [5, 5.41) is 9.93. The van der Waals surface area contributed by atoms with Crippen LogP contribution in [0.3, 0.4) is 0 Å². The molecule has 7 heteroatoms. The summed E-state index contributed by atoms with van der Waals surface area (Å²) in [7, 11) is 0. The van der Waals surface area contributed by atoms with Crippen molar-refractivity contribution < 1.29 is 27.8 Å². The standard InChI is InChI=1S/C17H22F3NO3/c1-9(22)13-5-6-14(21(13)16(23)24-17(2,3)4)10-7-11(18)15(20)12(19)8-10/h7-9,13-14,22H,5-6H2,1-4H3/t9-,13?,14?/m1/s1. The summed E-state index contributed by atoms with van der Waals surface area (Å²) in [6, 6.07) is 0.528. The van der Waals surface area contributed by atoms with Crippen LogP contribution in [0, 0.1) is 17.5 Å². The molecule has 1 heterocycles. The number of halogens is 3. The number of aliphatic hydroxyl groups is 1. The van der Waals surface area contributed by atoms with Gasteiger partial charge in [-0.15, -0.1) is 0 Å². The number of aliphatic hydroxyl groups excluding tert-OH is 1. The molecule has 1 amide bonds. The Morgan fingerprint density at radius 3 is 2.25 bits per heavy atom. The zero-order valence-electron chi connectivity index (χ0n) is 14.1. The van der Waals surface area contributed by atoms with Crippen molar-refractivity contribution in [2.45, 2.75) is 64.3 Å². The van der Waals surface area contributed by atoms with Crippen LogP contribution >= 0.6 is 0 Å². The summed E-state index contributed by atoms with van der Waals surface area (Å²) < 4.78 is 45.6. The van der Waals surface area contributed by atoms with Gasteiger partial charge in [0, 0.05) is 0 Å². The number of rotatable bonds is 2. The van der Waals surface area contributed by atoms with Crippen LogP contribution in [-0.4, -0.2) is 33.8 Å². The molecule has 24 heavy (non-hydrogen) atoms. The number of benzene rings is 1. The minimum absolute atomic E-state index is 0.139. The average molecular weight is 345 g/mol. The van der Waals surface area contributed by atoms with Crippen LogP contribution in [0.25, 0.3) is 0 Å². The molecule has 4 nitrogen and oxygen atoms in total. The molecule has 3 atom stereocenters. The number of hydrogen-bond donors (Lipinski definition) is 1. The maximum atomic E-state index is 13.5. The van der Waals surface area contributed by atoms with Crippen molar-refractivity contribution in [3.05, 3.63) is 35.1 Å². The third kappa shape index (κ3) is 3.83. The molecule has 134 valence electrons. The minimum Gasteiger partial charge on any atom is -0.444 e. The summed E-state index contributed by atoms with van der Waals surface area (Å²) in [4.78, 5) is 13.8. The molecule has 1 aromatic rings. The van der Waals surface area contributed by atoms with Crippen LogP contribution in [0.5, 0.6) is 0 Å². The molecule has 0 radical (unpaired) electrons. The molecule has 1 aliphatic heterocycles. The van der Waals surface area contributed by atoms with E-state index < -0.39 is 47.3 Å². The number of ether oxygens (including phenoxy) is 1. The molecule has 2 unspecified atom stereocenters. The Kier molecular flexibility index (Phi) is 5.13. The van der Waals surface area contributed by atoms with Gasteiger partial charge in [-0.25, -0.2) is 18.0 Å². The monoisotopic (exact) mass is 345 g/mol. The highest BCUT2D eigenvalue weighted by atomic mass is 19.2. The molecule has 1 fully saturated rings. The van der Waals surface area contributed by atoms with Gasteiger partial charge in [0.25, 0.3) is 0 Å². The van der Waals surface area contributed by atoms with Crippen molar-refractivity contribution in [1.82, 2.24) is 4.90 Å². The highest BCUT2D eigenvalue weighted by Crippen LogP contribution is 2.39. The number of carbonyl (C=O) groups excluding carboxylic acids is 1. The second-order valence-corrected chi connectivity index (χ2v) is 7.09. The van der Waals surface area contributed by atoms with Crippen LogP contribution in [0.1, 0.15) is 52.1 Å². The predicted octanol–water partition coefficient (Wildman–Crippen LogP) is 3.93. The summed E-state index contributed by atoms with van der Waals surface area (Å²) in [5.74, 6) is -4.17. The van der Waals surface area contributed by atoms with Crippen LogP contribution < -0.4 is 0 Å². The summed E-state index contributed by atoms with van der Waals surface area (Å²) in [5.41, 5.74) is -0.618. The van der Waals surface area contributed by atoms with E-state index in [2.05, 4.69) is 0 Å². The van der Waals surface area contributed by atoms with Gasteiger partial charge in [0.15, 0.2) is 17.5 Å². The van der Waals surface area contributed by atoms with E-state index in [0.717, 1.165) is 12.1 Å². The number of hydrogen-bond acceptors (Lipinski definition) is 3. The summed E-state index contributed by atoms with van der Waals surface area (Å²) >= 11 is 0. The number of amides is 1. The third-order valence-corrected chi connectivity index (χ3v) is 3.98. The first-order chi connectivity index (χ1) is 11.0. The topological polar surface area (TPSA) is 49.8 Å². The first-order valence-electron chi connectivity index (χ1n) is 7.85. The molecule has 0 spiro atoms. The zero-order valence-corrected chi connectivity index (χ0v) is 14.1. The van der Waals surface area contributed by atoms with Gasteiger partial charge in [0.2, 0.25) is 0 Å². The molecule has 0 aliphatic carbocycles. The first kappa shape index (κ1) is 18.6. The fourth-order valence-electron chi connectivity index (χ4n) is 2.98. The molecule has 1 saturated heterocycles. The van der Waals surface area contributed by atoms with E-state index in [0.29, 0.717) is 12.8 Å². The molecule has 2 rings (SSSR count). The van der Waals surface area contributed by atoms with E-state index in [-0.39, 0.29) is 5.56 Å². The normalized spacial score (nSPS) is 22.6. The van der Waals surface area contributed by atoms with Gasteiger partial charge in [0.05, 0.1) is 18.2 Å². The maximum absolute atomic E-state index is 13.5. The van der Waals surface area contributed by atoms with Crippen molar-refractivity contribution in [2.24, 2.45) is 0 Å². The van der Waals surface area contributed by atoms with E-state index in [1.54, 1.807) is 20.8 Å². The van der Waals surface area contributed by atoms with Gasteiger partial charge in [-0.05, 0) is 58.2 Å². The number of nitrogens with zero attached hydrogens (tertiary/aromatic N) is 1. The van der Waals surface area contributed by atoms with Crippen molar-refractivity contribution in [3.8, 4) is 0 Å².